The minimum Gasteiger partial charge on any atom is -0.445 e. The molecule has 2 aromatic rings. The molecule has 0 aliphatic heterocycles. The van der Waals surface area contributed by atoms with Crippen LogP contribution < -0.4 is 10.1 Å². The van der Waals surface area contributed by atoms with Crippen LogP contribution in [0.15, 0.2) is 54.6 Å². The van der Waals surface area contributed by atoms with Gasteiger partial charge in [0.2, 0.25) is 0 Å². The van der Waals surface area contributed by atoms with E-state index in [1.165, 1.54) is 19.2 Å². The van der Waals surface area contributed by atoms with E-state index in [9.17, 15) is 14.7 Å². The minimum absolute atomic E-state index is 0.0976. The first-order chi connectivity index (χ1) is 15.0. The Kier molecular flexibility index (Phi) is 10.9. The second kappa shape index (κ2) is 13.7. The van der Waals surface area contributed by atoms with Gasteiger partial charge in [-0.1, -0.05) is 42.5 Å². The molecule has 9 heteroatoms. The monoisotopic (exact) mass is 449 g/mol. The topological polar surface area (TPSA) is 103 Å². The van der Waals surface area contributed by atoms with Crippen LogP contribution in [-0.4, -0.2) is 42.9 Å². The molecule has 0 spiro atoms. The molecule has 31 heavy (non-hydrogen) atoms. The number of carbonyl (C=O) groups excluding carboxylic acids is 2. The number of rotatable bonds is 12. The van der Waals surface area contributed by atoms with E-state index >= 15 is 0 Å². The predicted molar refractivity (Wildman–Crippen MR) is 116 cm³/mol. The average molecular weight is 450 g/mol. The molecule has 168 valence electrons. The highest BCUT2D eigenvalue weighted by Gasteiger charge is 2.24. The number of hydrogen-bond donors (Lipinski definition) is 2. The molecule has 0 saturated heterocycles. The van der Waals surface area contributed by atoms with E-state index in [4.69, 9.17) is 18.4 Å². The summed E-state index contributed by atoms with van der Waals surface area (Å²) in [5.74, 6) is 0.462. The lowest BCUT2D eigenvalue weighted by molar-refractivity contribution is -0.133. The van der Waals surface area contributed by atoms with Gasteiger partial charge in [0.25, 0.3) is 0 Å². The highest BCUT2D eigenvalue weighted by atomic mass is 32.2. The van der Waals surface area contributed by atoms with Gasteiger partial charge in [0.05, 0.1) is 13.5 Å². The maximum atomic E-state index is 12.3. The van der Waals surface area contributed by atoms with Crippen molar-refractivity contribution in [2.75, 3.05) is 19.5 Å². The number of hydrogen-bond acceptors (Lipinski definition) is 8. The number of aliphatic hydroxyl groups is 1. The zero-order chi connectivity index (χ0) is 22.5. The Morgan fingerprint density at radius 1 is 1.10 bits per heavy atom. The van der Waals surface area contributed by atoms with Crippen LogP contribution in [0.1, 0.15) is 30.5 Å². The molecule has 2 atom stereocenters. The molecule has 2 aromatic carbocycles. The number of aliphatic hydroxyl groups excluding tert-OH is 1. The third-order valence-corrected chi connectivity index (χ3v) is 4.69. The van der Waals surface area contributed by atoms with E-state index in [-0.39, 0.29) is 25.6 Å². The van der Waals surface area contributed by atoms with Crippen molar-refractivity contribution in [3.63, 3.8) is 0 Å². The van der Waals surface area contributed by atoms with Crippen LogP contribution >= 0.6 is 12.0 Å². The molecule has 2 unspecified atom stereocenters. The highest BCUT2D eigenvalue weighted by molar-refractivity contribution is 7.94. The highest BCUT2D eigenvalue weighted by Crippen LogP contribution is 2.22. The van der Waals surface area contributed by atoms with Crippen molar-refractivity contribution < 1.29 is 33.1 Å². The van der Waals surface area contributed by atoms with Crippen LogP contribution in [0.3, 0.4) is 0 Å². The summed E-state index contributed by atoms with van der Waals surface area (Å²) < 4.78 is 20.6. The average Bonchev–Trinajstić information content (AvgIpc) is 2.78. The number of nitrogens with one attached hydrogen (secondary N) is 1. The van der Waals surface area contributed by atoms with Crippen molar-refractivity contribution in [1.29, 1.82) is 0 Å². The van der Waals surface area contributed by atoms with Crippen molar-refractivity contribution in [1.82, 2.24) is 5.32 Å². The van der Waals surface area contributed by atoms with E-state index in [0.717, 1.165) is 5.56 Å². The van der Waals surface area contributed by atoms with Crippen LogP contribution in [0.5, 0.6) is 5.75 Å². The fraction of sp³-hybridized carbons (Fsp3) is 0.364. The molecule has 0 radical (unpaired) electrons. The van der Waals surface area contributed by atoms with Crippen LogP contribution in [0, 0.1) is 0 Å². The van der Waals surface area contributed by atoms with Gasteiger partial charge < -0.3 is 28.8 Å². The first-order valence-corrected chi connectivity index (χ1v) is 10.7. The van der Waals surface area contributed by atoms with Gasteiger partial charge in [-0.15, -0.1) is 0 Å². The lowest BCUT2D eigenvalue weighted by Gasteiger charge is -2.24. The van der Waals surface area contributed by atoms with Gasteiger partial charge in [0.15, 0.2) is 6.29 Å². The Hall–Kier alpha value is -2.59. The van der Waals surface area contributed by atoms with Crippen molar-refractivity contribution in [3.05, 3.63) is 65.7 Å². The van der Waals surface area contributed by atoms with Gasteiger partial charge in [-0.3, -0.25) is 4.79 Å². The number of amides is 1. The second-order valence-corrected chi connectivity index (χ2v) is 7.29. The molecule has 0 aliphatic carbocycles. The van der Waals surface area contributed by atoms with Gasteiger partial charge in [0, 0.05) is 12.4 Å². The van der Waals surface area contributed by atoms with Crippen molar-refractivity contribution in [3.8, 4) is 5.75 Å². The molecule has 0 saturated carbocycles. The van der Waals surface area contributed by atoms with Gasteiger partial charge in [-0.2, -0.15) is 0 Å². The van der Waals surface area contributed by atoms with E-state index in [1.54, 1.807) is 31.2 Å². The zero-order valence-corrected chi connectivity index (χ0v) is 18.3. The summed E-state index contributed by atoms with van der Waals surface area (Å²) in [5.41, 5.74) is 1.40. The van der Waals surface area contributed by atoms with E-state index in [1.807, 2.05) is 30.3 Å². The van der Waals surface area contributed by atoms with Crippen LogP contribution in [0.4, 0.5) is 4.79 Å². The lowest BCUT2D eigenvalue weighted by Crippen LogP contribution is -2.38. The van der Waals surface area contributed by atoms with Crippen molar-refractivity contribution >= 4 is 24.1 Å². The van der Waals surface area contributed by atoms with E-state index in [0.29, 0.717) is 17.1 Å². The Balaban J connectivity index is 1.98. The third kappa shape index (κ3) is 8.97. The fourth-order valence-electron chi connectivity index (χ4n) is 2.61. The lowest BCUT2D eigenvalue weighted by atomic mass is 10.1. The second-order valence-electron chi connectivity index (χ2n) is 6.31. The summed E-state index contributed by atoms with van der Waals surface area (Å²) in [4.78, 5) is 24.1. The van der Waals surface area contributed by atoms with Crippen molar-refractivity contribution in [2.24, 2.45) is 0 Å². The minimum atomic E-state index is -1.28. The Labute approximate surface area is 186 Å². The first kappa shape index (κ1) is 24.7. The maximum absolute atomic E-state index is 12.3. The summed E-state index contributed by atoms with van der Waals surface area (Å²) in [6, 6.07) is 14.8. The molecule has 2 rings (SSSR count). The summed E-state index contributed by atoms with van der Waals surface area (Å²) in [6.45, 7) is 2.09. The van der Waals surface area contributed by atoms with Crippen LogP contribution in [0.25, 0.3) is 0 Å². The number of esters is 1. The number of carbonyl (C=O) groups is 2. The molecule has 0 fully saturated rings. The van der Waals surface area contributed by atoms with E-state index < -0.39 is 18.4 Å². The molecule has 0 aliphatic rings. The Bertz CT molecular complexity index is 801. The maximum Gasteiger partial charge on any atom is 0.408 e. The molecular weight excluding hydrogens is 422 g/mol. The first-order valence-electron chi connectivity index (χ1n) is 9.76. The number of alkyl carbamates (subject to hydrolysis) is 1. The molecule has 0 bridgehead atoms. The van der Waals surface area contributed by atoms with Crippen molar-refractivity contribution in [2.45, 2.75) is 32.3 Å². The molecule has 8 nitrogen and oxygen atoms in total. The summed E-state index contributed by atoms with van der Waals surface area (Å²) in [5, 5.41) is 13.0. The standard InChI is InChI=1S/C22H27NO7S/c1-3-28-21(25)20(23-22(26)29-15-16-7-5-4-6-8-16)17-9-11-18(12-10-17)30-19(24)13-14-31-27-2/h4-12,20-21,25H,3,13-15H2,1-2H3,(H,23,26). The zero-order valence-electron chi connectivity index (χ0n) is 17.5. The third-order valence-electron chi connectivity index (χ3n) is 4.09. The van der Waals surface area contributed by atoms with Gasteiger partial charge in [-0.25, -0.2) is 4.79 Å². The predicted octanol–water partition coefficient (Wildman–Crippen LogP) is 3.60. The van der Waals surface area contributed by atoms with Gasteiger partial charge in [0.1, 0.15) is 18.4 Å². The van der Waals surface area contributed by atoms with E-state index in [2.05, 4.69) is 5.32 Å². The molecule has 2 N–H and O–H groups in total. The number of ether oxygens (including phenoxy) is 3. The Morgan fingerprint density at radius 2 is 1.81 bits per heavy atom. The SMILES string of the molecule is CCOC(O)C(NC(=O)OCc1ccccc1)c1ccc(OC(=O)CCSOC)cc1. The largest absolute Gasteiger partial charge is 0.445 e. The van der Waals surface area contributed by atoms with Gasteiger partial charge in [-0.05, 0) is 42.2 Å². The summed E-state index contributed by atoms with van der Waals surface area (Å²) in [6.07, 6.45) is -1.77. The normalized spacial score (nSPS) is 12.6. The summed E-state index contributed by atoms with van der Waals surface area (Å²) in [7, 11) is 1.54. The van der Waals surface area contributed by atoms with Gasteiger partial charge >= 0.3 is 12.1 Å². The number of benzene rings is 2. The quantitative estimate of drug-likeness (QED) is 0.167. The smallest absolute Gasteiger partial charge is 0.408 e. The molecule has 0 heterocycles. The molecular formula is C22H27NO7S. The summed E-state index contributed by atoms with van der Waals surface area (Å²) >= 11 is 1.17. The molecule has 0 aromatic heterocycles. The Morgan fingerprint density at radius 3 is 2.45 bits per heavy atom. The molecule has 1 amide bonds. The van der Waals surface area contributed by atoms with Crippen LogP contribution in [-0.2, 0) is 25.1 Å². The fourth-order valence-corrected chi connectivity index (χ4v) is 3.03. The van der Waals surface area contributed by atoms with Crippen LogP contribution in [0.2, 0.25) is 0 Å².